The smallest absolute Gasteiger partial charge is 0.258 e. The number of aromatic nitrogens is 1. The molecule has 0 aliphatic rings. The van der Waals surface area contributed by atoms with Crippen molar-refractivity contribution in [3.05, 3.63) is 50.5 Å². The number of nitro benzene ring substituents is 1. The van der Waals surface area contributed by atoms with Crippen LogP contribution in [-0.2, 0) is 16.6 Å². The molecule has 0 radical (unpaired) electrons. The molecule has 1 N–H and O–H groups in total. The highest BCUT2D eigenvalue weighted by Gasteiger charge is 2.17. The zero-order valence-electron chi connectivity index (χ0n) is 10.4. The first kappa shape index (κ1) is 14.6. The van der Waals surface area contributed by atoms with Crippen molar-refractivity contribution in [1.82, 2.24) is 9.71 Å². The van der Waals surface area contributed by atoms with Crippen molar-refractivity contribution < 1.29 is 13.3 Å². The number of aryl methyl sites for hydroxylation is 1. The Kier molecular flexibility index (Phi) is 4.12. The highest BCUT2D eigenvalue weighted by Crippen LogP contribution is 2.17. The quantitative estimate of drug-likeness (QED) is 0.670. The van der Waals surface area contributed by atoms with Crippen LogP contribution in [0.1, 0.15) is 10.7 Å². The van der Waals surface area contributed by atoms with E-state index in [1.54, 1.807) is 0 Å². The fourth-order valence-corrected chi connectivity index (χ4v) is 3.32. The highest BCUT2D eigenvalue weighted by atomic mass is 32.2. The van der Waals surface area contributed by atoms with Gasteiger partial charge in [-0.25, -0.2) is 18.1 Å². The lowest BCUT2D eigenvalue weighted by Gasteiger charge is -2.04. The Morgan fingerprint density at radius 2 is 2.20 bits per heavy atom. The van der Waals surface area contributed by atoms with Crippen molar-refractivity contribution in [1.29, 1.82) is 0 Å². The van der Waals surface area contributed by atoms with E-state index in [9.17, 15) is 18.5 Å². The average Bonchev–Trinajstić information content (AvgIpc) is 2.82. The first-order valence-electron chi connectivity index (χ1n) is 5.53. The fraction of sp³-hybridized carbons (Fsp3) is 0.182. The van der Waals surface area contributed by atoms with E-state index in [1.165, 1.54) is 29.5 Å². The van der Waals surface area contributed by atoms with Crippen LogP contribution in [0.25, 0.3) is 0 Å². The van der Waals surface area contributed by atoms with Gasteiger partial charge in [0.25, 0.3) is 5.69 Å². The van der Waals surface area contributed by atoms with Crippen molar-refractivity contribution in [3.63, 3.8) is 0 Å². The van der Waals surface area contributed by atoms with Gasteiger partial charge in [-0.1, -0.05) is 6.07 Å². The lowest BCUT2D eigenvalue weighted by atomic mass is 10.3. The number of hydrogen-bond donors (Lipinski definition) is 1. The van der Waals surface area contributed by atoms with Gasteiger partial charge in [0.1, 0.15) is 5.01 Å². The molecule has 0 aliphatic carbocycles. The van der Waals surface area contributed by atoms with E-state index in [2.05, 4.69) is 9.71 Å². The van der Waals surface area contributed by atoms with Gasteiger partial charge in [-0.2, -0.15) is 0 Å². The summed E-state index contributed by atoms with van der Waals surface area (Å²) in [5, 5.41) is 13.1. The Bertz CT molecular complexity index is 740. The van der Waals surface area contributed by atoms with E-state index >= 15 is 0 Å². The summed E-state index contributed by atoms with van der Waals surface area (Å²) in [6, 6.07) is 4.90. The van der Waals surface area contributed by atoms with Crippen LogP contribution in [0.2, 0.25) is 0 Å². The minimum absolute atomic E-state index is 0.0591. The van der Waals surface area contributed by atoms with Crippen LogP contribution < -0.4 is 4.72 Å². The second-order valence-electron chi connectivity index (χ2n) is 3.96. The van der Waals surface area contributed by atoms with Gasteiger partial charge in [-0.15, -0.1) is 11.3 Å². The summed E-state index contributed by atoms with van der Waals surface area (Å²) < 4.78 is 26.4. The highest BCUT2D eigenvalue weighted by molar-refractivity contribution is 7.89. The van der Waals surface area contributed by atoms with Gasteiger partial charge in [0.2, 0.25) is 10.0 Å². The molecule has 0 unspecified atom stereocenters. The second-order valence-corrected chi connectivity index (χ2v) is 6.67. The average molecular weight is 313 g/mol. The molecule has 2 rings (SSSR count). The zero-order chi connectivity index (χ0) is 14.8. The number of nitrogens with one attached hydrogen (secondary N) is 1. The van der Waals surface area contributed by atoms with Crippen LogP contribution in [0.4, 0.5) is 5.69 Å². The molecule has 1 aromatic carbocycles. The maximum absolute atomic E-state index is 12.0. The molecular weight excluding hydrogens is 302 g/mol. The Hall–Kier alpha value is -1.84. The number of thiazole rings is 1. The van der Waals surface area contributed by atoms with Gasteiger partial charge in [0.05, 0.1) is 16.4 Å². The molecule has 0 fully saturated rings. The van der Waals surface area contributed by atoms with Gasteiger partial charge in [-0.3, -0.25) is 10.1 Å². The Labute approximate surface area is 119 Å². The van der Waals surface area contributed by atoms with Crippen molar-refractivity contribution in [2.75, 3.05) is 0 Å². The maximum atomic E-state index is 12.0. The lowest BCUT2D eigenvalue weighted by molar-refractivity contribution is -0.385. The van der Waals surface area contributed by atoms with Gasteiger partial charge >= 0.3 is 0 Å². The predicted molar refractivity (Wildman–Crippen MR) is 74.0 cm³/mol. The molecule has 2 aromatic rings. The van der Waals surface area contributed by atoms with Crippen LogP contribution in [0, 0.1) is 17.0 Å². The summed E-state index contributed by atoms with van der Waals surface area (Å²) in [4.78, 5) is 14.0. The molecule has 0 saturated heterocycles. The number of nitrogens with zero attached hydrogens (tertiary/aromatic N) is 2. The Morgan fingerprint density at radius 3 is 2.80 bits per heavy atom. The van der Waals surface area contributed by atoms with Gasteiger partial charge < -0.3 is 0 Å². The van der Waals surface area contributed by atoms with Crippen LogP contribution >= 0.6 is 11.3 Å². The van der Waals surface area contributed by atoms with E-state index in [1.807, 2.05) is 12.3 Å². The van der Waals surface area contributed by atoms with Crippen LogP contribution in [0.5, 0.6) is 0 Å². The molecule has 1 heterocycles. The van der Waals surface area contributed by atoms with Crippen LogP contribution in [0.15, 0.2) is 34.5 Å². The summed E-state index contributed by atoms with van der Waals surface area (Å²) in [6.45, 7) is 1.87. The SMILES string of the molecule is Cc1csc(CNS(=O)(=O)c2cccc([N+](=O)[O-])c2)n1. The molecule has 7 nitrogen and oxygen atoms in total. The first-order valence-corrected chi connectivity index (χ1v) is 7.90. The number of benzene rings is 1. The maximum Gasteiger partial charge on any atom is 0.270 e. The van der Waals surface area contributed by atoms with Crippen LogP contribution in [0.3, 0.4) is 0 Å². The van der Waals surface area contributed by atoms with Gasteiger partial charge in [0, 0.05) is 23.2 Å². The number of sulfonamides is 1. The summed E-state index contributed by atoms with van der Waals surface area (Å²) in [7, 11) is -3.79. The molecule has 1 aromatic heterocycles. The molecule has 20 heavy (non-hydrogen) atoms. The van der Waals surface area contributed by atoms with Gasteiger partial charge in [-0.05, 0) is 13.0 Å². The normalized spacial score (nSPS) is 11.4. The molecule has 0 bridgehead atoms. The van der Waals surface area contributed by atoms with E-state index in [4.69, 9.17) is 0 Å². The van der Waals surface area contributed by atoms with E-state index in [0.29, 0.717) is 5.01 Å². The molecule has 0 atom stereocenters. The molecule has 0 saturated carbocycles. The summed E-state index contributed by atoms with van der Waals surface area (Å²) in [6.07, 6.45) is 0. The Morgan fingerprint density at radius 1 is 1.45 bits per heavy atom. The topological polar surface area (TPSA) is 102 Å². The molecule has 106 valence electrons. The van der Waals surface area contributed by atoms with Crippen LogP contribution in [-0.4, -0.2) is 18.3 Å². The molecule has 9 heteroatoms. The van der Waals surface area contributed by atoms with Crippen molar-refractivity contribution in [2.24, 2.45) is 0 Å². The third kappa shape index (κ3) is 3.38. The largest absolute Gasteiger partial charge is 0.270 e. The van der Waals surface area contributed by atoms with E-state index < -0.39 is 14.9 Å². The summed E-state index contributed by atoms with van der Waals surface area (Å²) in [5.74, 6) is 0. The number of nitro groups is 1. The monoisotopic (exact) mass is 313 g/mol. The van der Waals surface area contributed by atoms with Crippen molar-refractivity contribution in [2.45, 2.75) is 18.4 Å². The van der Waals surface area contributed by atoms with Crippen molar-refractivity contribution >= 4 is 27.0 Å². The summed E-state index contributed by atoms with van der Waals surface area (Å²) >= 11 is 1.35. The van der Waals surface area contributed by atoms with Gasteiger partial charge in [0.15, 0.2) is 0 Å². The molecular formula is C11H11N3O4S2. The number of rotatable bonds is 5. The third-order valence-corrected chi connectivity index (χ3v) is 4.78. The Balaban J connectivity index is 2.17. The van der Waals surface area contributed by atoms with E-state index in [-0.39, 0.29) is 17.1 Å². The number of non-ortho nitro benzene ring substituents is 1. The third-order valence-electron chi connectivity index (χ3n) is 2.42. The molecule has 0 amide bonds. The predicted octanol–water partition coefficient (Wildman–Crippen LogP) is 1.84. The standard InChI is InChI=1S/C11H11N3O4S2/c1-8-7-19-11(13-8)6-12-20(17,18)10-4-2-3-9(5-10)14(15)16/h2-5,7,12H,6H2,1H3. The zero-order valence-corrected chi connectivity index (χ0v) is 12.1. The first-order chi connectivity index (χ1) is 9.38. The molecule has 0 spiro atoms. The minimum Gasteiger partial charge on any atom is -0.258 e. The van der Waals surface area contributed by atoms with E-state index in [0.717, 1.165) is 11.8 Å². The summed E-state index contributed by atoms with van der Waals surface area (Å²) in [5.41, 5.74) is 0.553. The lowest BCUT2D eigenvalue weighted by Crippen LogP contribution is -2.23. The second kappa shape index (κ2) is 5.65. The fourth-order valence-electron chi connectivity index (χ4n) is 1.49. The minimum atomic E-state index is -3.79. The van der Waals surface area contributed by atoms with Crippen molar-refractivity contribution in [3.8, 4) is 0 Å². The number of hydrogen-bond acceptors (Lipinski definition) is 6. The molecule has 0 aliphatic heterocycles.